The third-order valence-electron chi connectivity index (χ3n) is 3.55. The van der Waals surface area contributed by atoms with E-state index in [1.54, 1.807) is 6.07 Å². The molecule has 1 unspecified atom stereocenters. The average Bonchev–Trinajstić information content (AvgIpc) is 3.13. The maximum absolute atomic E-state index is 11.8. The minimum Gasteiger partial charge on any atom is -0.456 e. The highest BCUT2D eigenvalue weighted by Crippen LogP contribution is 2.30. The van der Waals surface area contributed by atoms with Crippen LogP contribution in [0.5, 0.6) is 0 Å². The number of hydrogen-bond donors (Lipinski definition) is 0. The summed E-state index contributed by atoms with van der Waals surface area (Å²) in [5, 5.41) is 8.10. The predicted octanol–water partition coefficient (Wildman–Crippen LogP) is 2.71. The van der Waals surface area contributed by atoms with Crippen LogP contribution in [-0.4, -0.2) is 27.5 Å². The van der Waals surface area contributed by atoms with Crippen LogP contribution >= 0.6 is 0 Å². The molecule has 1 aliphatic rings. The summed E-state index contributed by atoms with van der Waals surface area (Å²) in [6.45, 7) is 4.63. The van der Waals surface area contributed by atoms with Gasteiger partial charge in [-0.2, -0.15) is 0 Å². The maximum Gasteiger partial charge on any atom is 0.283 e. The van der Waals surface area contributed by atoms with Gasteiger partial charge in [0.2, 0.25) is 11.8 Å². The summed E-state index contributed by atoms with van der Waals surface area (Å²) in [5.41, 5.74) is 0. The summed E-state index contributed by atoms with van der Waals surface area (Å²) in [5.74, 6) is 2.35. The van der Waals surface area contributed by atoms with Crippen molar-refractivity contribution < 1.29 is 13.6 Å². The Hall–Kier alpha value is -2.11. The van der Waals surface area contributed by atoms with Crippen LogP contribution in [0.3, 0.4) is 0 Å². The molecule has 6 heteroatoms. The van der Waals surface area contributed by atoms with Crippen molar-refractivity contribution in [3.05, 3.63) is 23.8 Å². The van der Waals surface area contributed by atoms with Crippen molar-refractivity contribution in [2.24, 2.45) is 0 Å². The molecular formula is C14H17N3O3. The van der Waals surface area contributed by atoms with Crippen molar-refractivity contribution >= 4 is 5.91 Å². The van der Waals surface area contributed by atoms with Gasteiger partial charge < -0.3 is 13.7 Å². The maximum atomic E-state index is 11.8. The highest BCUT2D eigenvalue weighted by Gasteiger charge is 2.31. The van der Waals surface area contributed by atoms with E-state index in [1.807, 2.05) is 24.8 Å². The molecule has 1 saturated heterocycles. The van der Waals surface area contributed by atoms with Gasteiger partial charge in [-0.15, -0.1) is 10.2 Å². The number of carbonyl (C=O) groups is 1. The molecule has 3 rings (SSSR count). The zero-order chi connectivity index (χ0) is 14.1. The lowest BCUT2D eigenvalue weighted by Gasteiger charge is -2.23. The molecule has 2 aromatic heterocycles. The minimum absolute atomic E-state index is 0.137. The molecule has 0 aromatic carbocycles. The number of hydrogen-bond acceptors (Lipinski definition) is 5. The number of furan rings is 1. The van der Waals surface area contributed by atoms with Crippen LogP contribution in [0.25, 0.3) is 11.7 Å². The van der Waals surface area contributed by atoms with Crippen molar-refractivity contribution in [3.63, 3.8) is 0 Å². The van der Waals surface area contributed by atoms with E-state index in [4.69, 9.17) is 8.83 Å². The highest BCUT2D eigenvalue weighted by molar-refractivity contribution is 5.78. The smallest absolute Gasteiger partial charge is 0.283 e. The molecule has 0 aliphatic carbocycles. The van der Waals surface area contributed by atoms with Crippen LogP contribution in [0, 0.1) is 6.92 Å². The summed E-state index contributed by atoms with van der Waals surface area (Å²) in [6, 6.07) is 3.51. The molecule has 20 heavy (non-hydrogen) atoms. The van der Waals surface area contributed by atoms with Crippen LogP contribution in [0.1, 0.15) is 43.9 Å². The van der Waals surface area contributed by atoms with Crippen LogP contribution in [-0.2, 0) is 4.79 Å². The fourth-order valence-corrected chi connectivity index (χ4v) is 2.55. The average molecular weight is 275 g/mol. The first-order valence-corrected chi connectivity index (χ1v) is 6.88. The number of aromatic nitrogens is 2. The van der Waals surface area contributed by atoms with Gasteiger partial charge in [0.15, 0.2) is 5.76 Å². The first-order chi connectivity index (χ1) is 9.69. The molecule has 6 nitrogen and oxygen atoms in total. The number of likely N-dealkylation sites (tertiary alicyclic amines) is 1. The SMILES string of the molecule is CCC(c1nnc(-c2ccc(C)o2)o1)N1CCCC1=O. The molecule has 1 atom stereocenters. The van der Waals surface area contributed by atoms with Crippen LogP contribution < -0.4 is 0 Å². The van der Waals surface area contributed by atoms with Gasteiger partial charge in [0.1, 0.15) is 11.8 Å². The van der Waals surface area contributed by atoms with E-state index in [0.717, 1.165) is 25.1 Å². The van der Waals surface area contributed by atoms with Gasteiger partial charge in [-0.05, 0) is 31.9 Å². The van der Waals surface area contributed by atoms with Crippen molar-refractivity contribution in [3.8, 4) is 11.7 Å². The fraction of sp³-hybridized carbons (Fsp3) is 0.500. The Morgan fingerprint density at radius 2 is 2.20 bits per heavy atom. The van der Waals surface area contributed by atoms with E-state index in [1.165, 1.54) is 0 Å². The van der Waals surface area contributed by atoms with Gasteiger partial charge in [-0.3, -0.25) is 4.79 Å². The normalized spacial score (nSPS) is 16.9. The lowest BCUT2D eigenvalue weighted by Crippen LogP contribution is -2.29. The zero-order valence-corrected chi connectivity index (χ0v) is 11.6. The van der Waals surface area contributed by atoms with Crippen LogP contribution in [0.2, 0.25) is 0 Å². The first kappa shape index (κ1) is 12.9. The van der Waals surface area contributed by atoms with E-state index in [-0.39, 0.29) is 11.9 Å². The lowest BCUT2D eigenvalue weighted by atomic mass is 10.2. The van der Waals surface area contributed by atoms with Gasteiger partial charge in [0.05, 0.1) is 0 Å². The van der Waals surface area contributed by atoms with Crippen molar-refractivity contribution in [1.82, 2.24) is 15.1 Å². The molecule has 106 valence electrons. The third-order valence-corrected chi connectivity index (χ3v) is 3.55. The molecule has 3 heterocycles. The van der Waals surface area contributed by atoms with E-state index in [2.05, 4.69) is 10.2 Å². The number of rotatable bonds is 4. The number of nitrogens with zero attached hydrogens (tertiary/aromatic N) is 3. The fourth-order valence-electron chi connectivity index (χ4n) is 2.55. The Balaban J connectivity index is 1.86. The van der Waals surface area contributed by atoms with Gasteiger partial charge in [-0.1, -0.05) is 6.92 Å². The number of carbonyl (C=O) groups excluding carboxylic acids is 1. The molecule has 0 bridgehead atoms. The summed E-state index contributed by atoms with van der Waals surface area (Å²) < 4.78 is 11.2. The topological polar surface area (TPSA) is 72.4 Å². The summed E-state index contributed by atoms with van der Waals surface area (Å²) in [6.07, 6.45) is 2.26. The molecule has 0 radical (unpaired) electrons. The summed E-state index contributed by atoms with van der Waals surface area (Å²) in [4.78, 5) is 13.7. The van der Waals surface area contributed by atoms with Gasteiger partial charge in [-0.25, -0.2) is 0 Å². The van der Waals surface area contributed by atoms with Gasteiger partial charge >= 0.3 is 0 Å². The Kier molecular flexibility index (Phi) is 3.30. The van der Waals surface area contributed by atoms with Crippen LogP contribution in [0.4, 0.5) is 0 Å². The minimum atomic E-state index is -0.137. The molecule has 0 spiro atoms. The summed E-state index contributed by atoms with van der Waals surface area (Å²) >= 11 is 0. The quantitative estimate of drug-likeness (QED) is 0.857. The van der Waals surface area contributed by atoms with E-state index in [9.17, 15) is 4.79 Å². The Morgan fingerprint density at radius 3 is 2.80 bits per heavy atom. The standard InChI is InChI=1S/C14H17N3O3/c1-3-10(17-8-4-5-12(17)18)13-15-16-14(20-13)11-7-6-9(2)19-11/h6-7,10H,3-5,8H2,1-2H3. The predicted molar refractivity (Wildman–Crippen MR) is 70.7 cm³/mol. The second-order valence-corrected chi connectivity index (χ2v) is 4.97. The monoisotopic (exact) mass is 275 g/mol. The molecule has 1 aliphatic heterocycles. The summed E-state index contributed by atoms with van der Waals surface area (Å²) in [7, 11) is 0. The van der Waals surface area contributed by atoms with Crippen LogP contribution in [0.15, 0.2) is 21.0 Å². The first-order valence-electron chi connectivity index (χ1n) is 6.88. The van der Waals surface area contributed by atoms with Gasteiger partial charge in [0, 0.05) is 13.0 Å². The second-order valence-electron chi connectivity index (χ2n) is 4.97. The molecule has 0 saturated carbocycles. The van der Waals surface area contributed by atoms with Crippen molar-refractivity contribution in [1.29, 1.82) is 0 Å². The molecule has 0 N–H and O–H groups in total. The zero-order valence-electron chi connectivity index (χ0n) is 11.6. The van der Waals surface area contributed by atoms with E-state index in [0.29, 0.717) is 24.0 Å². The van der Waals surface area contributed by atoms with Gasteiger partial charge in [0.25, 0.3) is 5.89 Å². The van der Waals surface area contributed by atoms with E-state index >= 15 is 0 Å². The molecule has 1 fully saturated rings. The number of amides is 1. The van der Waals surface area contributed by atoms with Crippen molar-refractivity contribution in [2.45, 2.75) is 39.2 Å². The number of aryl methyl sites for hydroxylation is 1. The van der Waals surface area contributed by atoms with Crippen molar-refractivity contribution in [2.75, 3.05) is 6.54 Å². The molecule has 2 aromatic rings. The Bertz CT molecular complexity index is 617. The third kappa shape index (κ3) is 2.21. The Labute approximate surface area is 116 Å². The molecule has 1 amide bonds. The lowest BCUT2D eigenvalue weighted by molar-refractivity contribution is -0.130. The Morgan fingerprint density at radius 1 is 1.35 bits per heavy atom. The molecular weight excluding hydrogens is 258 g/mol. The highest BCUT2D eigenvalue weighted by atomic mass is 16.4. The van der Waals surface area contributed by atoms with E-state index < -0.39 is 0 Å². The largest absolute Gasteiger partial charge is 0.456 e. The second kappa shape index (κ2) is 5.11.